The van der Waals surface area contributed by atoms with Crippen molar-refractivity contribution in [2.75, 3.05) is 0 Å². The van der Waals surface area contributed by atoms with Crippen molar-refractivity contribution in [3.05, 3.63) is 66.4 Å². The summed E-state index contributed by atoms with van der Waals surface area (Å²) >= 11 is 0. The summed E-state index contributed by atoms with van der Waals surface area (Å²) in [5.41, 5.74) is 0.113. The number of hydrogen-bond acceptors (Lipinski definition) is 3. The van der Waals surface area contributed by atoms with Gasteiger partial charge >= 0.3 is 5.97 Å². The Bertz CT molecular complexity index is 778. The number of carboxylic acid groups (broad SMARTS) is 1. The van der Waals surface area contributed by atoms with Crippen molar-refractivity contribution in [1.82, 2.24) is 4.98 Å². The lowest BCUT2D eigenvalue weighted by atomic mass is 10.1. The fourth-order valence-corrected chi connectivity index (χ4v) is 2.01. The molecule has 0 atom stereocenters. The van der Waals surface area contributed by atoms with Gasteiger partial charge in [-0.15, -0.1) is 0 Å². The first-order valence-corrected chi connectivity index (χ1v) is 6.09. The molecule has 0 amide bonds. The summed E-state index contributed by atoms with van der Waals surface area (Å²) in [7, 11) is 0. The Balaban J connectivity index is 2.08. The Kier molecular flexibility index (Phi) is 3.05. The molecule has 1 aromatic heterocycles. The third-order valence-electron chi connectivity index (χ3n) is 2.96. The second kappa shape index (κ2) is 5.01. The number of fused-ring (bicyclic) bond motifs is 1. The van der Waals surface area contributed by atoms with Gasteiger partial charge in [0.05, 0.1) is 0 Å². The van der Waals surface area contributed by atoms with Gasteiger partial charge in [0.25, 0.3) is 0 Å². The first kappa shape index (κ1) is 12.2. The van der Waals surface area contributed by atoms with Gasteiger partial charge in [-0.3, -0.25) is 0 Å². The number of rotatable bonds is 3. The van der Waals surface area contributed by atoms with Crippen molar-refractivity contribution >= 4 is 16.7 Å². The van der Waals surface area contributed by atoms with E-state index in [9.17, 15) is 4.79 Å². The van der Waals surface area contributed by atoms with E-state index >= 15 is 0 Å². The number of hydrogen-bond donors (Lipinski definition) is 1. The number of nitrogens with zero attached hydrogens (tertiary/aromatic N) is 1. The van der Waals surface area contributed by atoms with Crippen LogP contribution in [0.3, 0.4) is 0 Å². The van der Waals surface area contributed by atoms with E-state index in [4.69, 9.17) is 9.84 Å². The summed E-state index contributed by atoms with van der Waals surface area (Å²) in [5.74, 6) is -0.346. The maximum atomic E-state index is 11.2. The Hall–Kier alpha value is -2.88. The van der Waals surface area contributed by atoms with Gasteiger partial charge in [-0.2, -0.15) is 0 Å². The lowest BCUT2D eigenvalue weighted by Gasteiger charge is -2.09. The summed E-state index contributed by atoms with van der Waals surface area (Å²) < 4.78 is 5.69. The van der Waals surface area contributed by atoms with Crippen molar-refractivity contribution < 1.29 is 14.6 Å². The highest BCUT2D eigenvalue weighted by atomic mass is 16.5. The van der Waals surface area contributed by atoms with E-state index in [0.717, 1.165) is 10.8 Å². The molecule has 0 unspecified atom stereocenters. The molecule has 3 rings (SSSR count). The molecule has 20 heavy (non-hydrogen) atoms. The molecule has 0 bridgehead atoms. The standard InChI is InChI=1S/C16H11NO3/c18-16(19)13-7-3-4-8-14(13)20-15-12-6-2-1-5-11(12)9-10-17-15/h1-10H,(H,18,19). The van der Waals surface area contributed by atoms with Crippen LogP contribution in [0.2, 0.25) is 0 Å². The number of ether oxygens (including phenoxy) is 1. The van der Waals surface area contributed by atoms with Crippen LogP contribution >= 0.6 is 0 Å². The predicted octanol–water partition coefficient (Wildman–Crippen LogP) is 3.73. The highest BCUT2D eigenvalue weighted by molar-refractivity contribution is 5.91. The van der Waals surface area contributed by atoms with Crippen LogP contribution in [0, 0.1) is 0 Å². The summed E-state index contributed by atoms with van der Waals surface area (Å²) in [5, 5.41) is 11.0. The van der Waals surface area contributed by atoms with E-state index in [1.165, 1.54) is 6.07 Å². The number of pyridine rings is 1. The van der Waals surface area contributed by atoms with Gasteiger partial charge < -0.3 is 9.84 Å². The summed E-state index contributed by atoms with van der Waals surface area (Å²) in [6.45, 7) is 0. The van der Waals surface area contributed by atoms with Crippen LogP contribution < -0.4 is 4.74 Å². The van der Waals surface area contributed by atoms with Gasteiger partial charge in [0.15, 0.2) is 0 Å². The van der Waals surface area contributed by atoms with Gasteiger partial charge in [-0.25, -0.2) is 9.78 Å². The highest BCUT2D eigenvalue weighted by Gasteiger charge is 2.12. The van der Waals surface area contributed by atoms with Gasteiger partial charge in [-0.05, 0) is 29.7 Å². The molecule has 3 aromatic rings. The average Bonchev–Trinajstić information content (AvgIpc) is 2.48. The average molecular weight is 265 g/mol. The maximum Gasteiger partial charge on any atom is 0.339 e. The normalized spacial score (nSPS) is 10.4. The summed E-state index contributed by atoms with van der Waals surface area (Å²) in [6, 6.07) is 16.0. The van der Waals surface area contributed by atoms with Crippen molar-refractivity contribution in [1.29, 1.82) is 0 Å². The molecule has 0 saturated carbocycles. The van der Waals surface area contributed by atoms with Crippen LogP contribution in [0.1, 0.15) is 10.4 Å². The van der Waals surface area contributed by atoms with Crippen LogP contribution in [0.4, 0.5) is 0 Å². The van der Waals surface area contributed by atoms with Crippen LogP contribution in [0.5, 0.6) is 11.6 Å². The molecule has 0 fully saturated rings. The smallest absolute Gasteiger partial charge is 0.339 e. The minimum absolute atomic E-state index is 0.113. The Morgan fingerprint density at radius 2 is 1.75 bits per heavy atom. The number of benzene rings is 2. The third-order valence-corrected chi connectivity index (χ3v) is 2.96. The van der Waals surface area contributed by atoms with Crippen molar-refractivity contribution in [2.24, 2.45) is 0 Å². The second-order valence-corrected chi connectivity index (χ2v) is 4.24. The Labute approximate surface area is 115 Å². The molecule has 0 radical (unpaired) electrons. The predicted molar refractivity (Wildman–Crippen MR) is 75.2 cm³/mol. The van der Waals surface area contributed by atoms with Crippen molar-refractivity contribution in [3.63, 3.8) is 0 Å². The first-order valence-electron chi connectivity index (χ1n) is 6.09. The van der Waals surface area contributed by atoms with Gasteiger partial charge in [-0.1, -0.05) is 30.3 Å². The molecule has 2 aromatic carbocycles. The zero-order chi connectivity index (χ0) is 13.9. The van der Waals surface area contributed by atoms with E-state index < -0.39 is 5.97 Å². The topological polar surface area (TPSA) is 59.4 Å². The van der Waals surface area contributed by atoms with Crippen LogP contribution in [-0.2, 0) is 0 Å². The Morgan fingerprint density at radius 1 is 1.00 bits per heavy atom. The largest absolute Gasteiger partial charge is 0.478 e. The van der Waals surface area contributed by atoms with Gasteiger partial charge in [0.2, 0.25) is 5.88 Å². The number of carboxylic acids is 1. The molecule has 1 N–H and O–H groups in total. The number of aromatic nitrogens is 1. The lowest BCUT2D eigenvalue weighted by molar-refractivity contribution is 0.0694. The first-order chi connectivity index (χ1) is 9.75. The molecular weight excluding hydrogens is 254 g/mol. The maximum absolute atomic E-state index is 11.2. The Morgan fingerprint density at radius 3 is 2.60 bits per heavy atom. The van der Waals surface area contributed by atoms with E-state index in [1.807, 2.05) is 30.3 Å². The molecule has 4 nitrogen and oxygen atoms in total. The fourth-order valence-electron chi connectivity index (χ4n) is 2.01. The molecule has 0 aliphatic carbocycles. The molecule has 1 heterocycles. The fraction of sp³-hybridized carbons (Fsp3) is 0. The molecule has 0 aliphatic rings. The molecule has 4 heteroatoms. The number of para-hydroxylation sites is 1. The van der Waals surface area contributed by atoms with E-state index in [2.05, 4.69) is 4.98 Å². The van der Waals surface area contributed by atoms with Crippen LogP contribution in [-0.4, -0.2) is 16.1 Å². The molecular formula is C16H11NO3. The molecule has 0 saturated heterocycles. The monoisotopic (exact) mass is 265 g/mol. The van der Waals surface area contributed by atoms with E-state index in [0.29, 0.717) is 5.88 Å². The van der Waals surface area contributed by atoms with Crippen molar-refractivity contribution in [2.45, 2.75) is 0 Å². The van der Waals surface area contributed by atoms with Gasteiger partial charge in [0.1, 0.15) is 11.3 Å². The molecule has 98 valence electrons. The molecule has 0 aliphatic heterocycles. The van der Waals surface area contributed by atoms with Gasteiger partial charge in [0, 0.05) is 11.6 Å². The summed E-state index contributed by atoms with van der Waals surface area (Å²) in [4.78, 5) is 15.4. The second-order valence-electron chi connectivity index (χ2n) is 4.24. The van der Waals surface area contributed by atoms with E-state index in [1.54, 1.807) is 24.4 Å². The zero-order valence-corrected chi connectivity index (χ0v) is 10.5. The highest BCUT2D eigenvalue weighted by Crippen LogP contribution is 2.29. The summed E-state index contributed by atoms with van der Waals surface area (Å²) in [6.07, 6.45) is 1.64. The lowest BCUT2D eigenvalue weighted by Crippen LogP contribution is -2.00. The number of carbonyl (C=O) groups is 1. The van der Waals surface area contributed by atoms with Crippen LogP contribution in [0.15, 0.2) is 60.8 Å². The quantitative estimate of drug-likeness (QED) is 0.784. The minimum Gasteiger partial charge on any atom is -0.478 e. The zero-order valence-electron chi connectivity index (χ0n) is 10.5. The minimum atomic E-state index is -1.03. The van der Waals surface area contributed by atoms with Crippen molar-refractivity contribution in [3.8, 4) is 11.6 Å². The number of aromatic carboxylic acids is 1. The van der Waals surface area contributed by atoms with Crippen LogP contribution in [0.25, 0.3) is 10.8 Å². The molecule has 0 spiro atoms. The SMILES string of the molecule is O=C(O)c1ccccc1Oc1nccc2ccccc12. The van der Waals surface area contributed by atoms with E-state index in [-0.39, 0.29) is 11.3 Å². The third kappa shape index (κ3) is 2.19.